The monoisotopic (exact) mass is 472 g/mol. The largest absolute Gasteiger partial charge is 0.481 e. The van der Waals surface area contributed by atoms with Gasteiger partial charge in [-0.3, -0.25) is 4.79 Å². The summed E-state index contributed by atoms with van der Waals surface area (Å²) >= 11 is 3.18. The number of aryl methyl sites for hydroxylation is 1. The summed E-state index contributed by atoms with van der Waals surface area (Å²) in [6.07, 6.45) is 4.36. The van der Waals surface area contributed by atoms with Gasteiger partial charge >= 0.3 is 5.97 Å². The average molecular weight is 473 g/mol. The molecule has 3 aromatic heterocycles. The van der Waals surface area contributed by atoms with E-state index in [0.29, 0.717) is 17.6 Å². The molecule has 1 aromatic carbocycles. The van der Waals surface area contributed by atoms with Crippen molar-refractivity contribution in [3.63, 3.8) is 0 Å². The number of aromatic nitrogens is 2. The smallest absolute Gasteiger partial charge is 0.304 e. The van der Waals surface area contributed by atoms with Gasteiger partial charge in [0.25, 0.3) is 0 Å². The Morgan fingerprint density at radius 2 is 2.13 bits per heavy atom. The third kappa shape index (κ3) is 3.64. The number of hydrogen-bond acceptors (Lipinski definition) is 6. The predicted octanol–water partition coefficient (Wildman–Crippen LogP) is 5.16. The summed E-state index contributed by atoms with van der Waals surface area (Å²) in [6, 6.07) is 11.8. The van der Waals surface area contributed by atoms with Gasteiger partial charge in [0.05, 0.1) is 20.9 Å². The number of pyridine rings is 1. The molecule has 5 rings (SSSR count). The molecule has 4 heterocycles. The molecule has 0 aliphatic carbocycles. The fourth-order valence-corrected chi connectivity index (χ4v) is 7.90. The van der Waals surface area contributed by atoms with Crippen LogP contribution >= 0.6 is 23.1 Å². The molecule has 0 saturated heterocycles. The Kier molecular flexibility index (Phi) is 5.07. The Morgan fingerprint density at radius 1 is 1.32 bits per heavy atom. The second kappa shape index (κ2) is 7.65. The molecule has 1 unspecified atom stereocenters. The van der Waals surface area contributed by atoms with E-state index in [4.69, 9.17) is 0 Å². The molecule has 0 radical (unpaired) electrons. The van der Waals surface area contributed by atoms with E-state index in [1.54, 1.807) is 17.4 Å². The number of sulfone groups is 1. The standard InChI is InChI=1S/C22H20N2O4S3/c1-31(27,28)16-8-9-23-22-19(16)21(20-14(11-17(25)26)6-4-10-24(20)22)30-18-12-13-5-2-3-7-15(13)29-18/h2-3,5,7-9,12,14H,4,6,10-11H2,1H3,(H,25,26). The van der Waals surface area contributed by atoms with E-state index in [-0.39, 0.29) is 17.2 Å². The Labute approximate surface area is 187 Å². The fraction of sp³-hybridized carbons (Fsp3) is 0.273. The van der Waals surface area contributed by atoms with E-state index in [1.165, 1.54) is 24.2 Å². The third-order valence-corrected chi connectivity index (χ3v) is 9.13. The zero-order valence-electron chi connectivity index (χ0n) is 16.7. The number of carbonyl (C=O) groups is 1. The highest BCUT2D eigenvalue weighted by Gasteiger charge is 2.32. The molecule has 0 saturated carbocycles. The molecule has 9 heteroatoms. The van der Waals surface area contributed by atoms with Crippen LogP contribution in [0.4, 0.5) is 0 Å². The summed E-state index contributed by atoms with van der Waals surface area (Å²) in [5.74, 6) is -1.03. The first-order valence-corrected chi connectivity index (χ1v) is 13.4. The number of carboxylic acids is 1. The van der Waals surface area contributed by atoms with Crippen LogP contribution < -0.4 is 0 Å². The quantitative estimate of drug-likeness (QED) is 0.432. The molecule has 1 N–H and O–H groups in total. The van der Waals surface area contributed by atoms with Gasteiger partial charge in [-0.25, -0.2) is 13.4 Å². The molecule has 31 heavy (non-hydrogen) atoms. The summed E-state index contributed by atoms with van der Waals surface area (Å²) < 4.78 is 29.5. The minimum absolute atomic E-state index is 0.0184. The first-order chi connectivity index (χ1) is 14.8. The summed E-state index contributed by atoms with van der Waals surface area (Å²) in [5.41, 5.74) is 1.52. The maximum absolute atomic E-state index is 12.6. The van der Waals surface area contributed by atoms with E-state index in [2.05, 4.69) is 23.2 Å². The first-order valence-electron chi connectivity index (χ1n) is 9.92. The zero-order chi connectivity index (χ0) is 21.8. The topological polar surface area (TPSA) is 89.3 Å². The van der Waals surface area contributed by atoms with E-state index >= 15 is 0 Å². The van der Waals surface area contributed by atoms with Gasteiger partial charge in [0.2, 0.25) is 0 Å². The van der Waals surface area contributed by atoms with Crippen LogP contribution in [0.1, 0.15) is 30.9 Å². The van der Waals surface area contributed by atoms with Gasteiger partial charge in [-0.2, -0.15) is 0 Å². The molecular weight excluding hydrogens is 452 g/mol. The number of rotatable bonds is 5. The van der Waals surface area contributed by atoms with E-state index in [1.807, 2.05) is 16.7 Å². The normalized spacial score (nSPS) is 16.6. The molecule has 160 valence electrons. The SMILES string of the molecule is CS(=O)(=O)c1ccnc2c1c(Sc1cc3ccccc3s1)c1n2CCCC1CC(=O)O. The highest BCUT2D eigenvalue weighted by Crippen LogP contribution is 2.48. The van der Waals surface area contributed by atoms with Crippen LogP contribution in [-0.4, -0.2) is 35.3 Å². The molecule has 4 aromatic rings. The van der Waals surface area contributed by atoms with Crippen LogP contribution in [0, 0.1) is 0 Å². The van der Waals surface area contributed by atoms with E-state index in [9.17, 15) is 18.3 Å². The third-order valence-electron chi connectivity index (χ3n) is 5.65. The van der Waals surface area contributed by atoms with Crippen LogP contribution in [0.15, 0.2) is 56.6 Å². The molecule has 0 spiro atoms. The molecular formula is C22H20N2O4S3. The highest BCUT2D eigenvalue weighted by atomic mass is 32.2. The summed E-state index contributed by atoms with van der Waals surface area (Å²) in [7, 11) is -3.49. The van der Waals surface area contributed by atoms with Crippen molar-refractivity contribution in [2.24, 2.45) is 0 Å². The van der Waals surface area contributed by atoms with Crippen molar-refractivity contribution in [3.05, 3.63) is 48.3 Å². The Hall–Kier alpha value is -2.36. The van der Waals surface area contributed by atoms with Gasteiger partial charge < -0.3 is 9.67 Å². The van der Waals surface area contributed by atoms with E-state index < -0.39 is 15.8 Å². The second-order valence-electron chi connectivity index (χ2n) is 7.79. The maximum atomic E-state index is 12.6. The number of aliphatic carboxylic acids is 1. The second-order valence-corrected chi connectivity index (χ2v) is 12.2. The van der Waals surface area contributed by atoms with E-state index in [0.717, 1.165) is 37.7 Å². The number of fused-ring (bicyclic) bond motifs is 4. The minimum Gasteiger partial charge on any atom is -0.481 e. The van der Waals surface area contributed by atoms with Crippen LogP contribution in [0.25, 0.3) is 21.1 Å². The Balaban J connectivity index is 1.78. The summed E-state index contributed by atoms with van der Waals surface area (Å²) in [4.78, 5) is 17.2. The van der Waals surface area contributed by atoms with Gasteiger partial charge in [0.15, 0.2) is 9.84 Å². The maximum Gasteiger partial charge on any atom is 0.304 e. The lowest BCUT2D eigenvalue weighted by atomic mass is 9.93. The molecule has 6 nitrogen and oxygen atoms in total. The number of benzene rings is 1. The van der Waals surface area contributed by atoms with Crippen LogP contribution in [-0.2, 0) is 21.2 Å². The summed E-state index contributed by atoms with van der Waals surface area (Å²) in [5, 5.41) is 11.2. The van der Waals surface area contributed by atoms with Crippen molar-refractivity contribution in [1.82, 2.24) is 9.55 Å². The first kappa shape index (κ1) is 20.5. The minimum atomic E-state index is -3.49. The lowest BCUT2D eigenvalue weighted by Crippen LogP contribution is -2.18. The van der Waals surface area contributed by atoms with Crippen molar-refractivity contribution in [2.45, 2.75) is 45.7 Å². The number of thiophene rings is 1. The molecule has 0 amide bonds. The highest BCUT2D eigenvalue weighted by molar-refractivity contribution is 8.01. The zero-order valence-corrected chi connectivity index (χ0v) is 19.2. The van der Waals surface area contributed by atoms with Gasteiger partial charge in [-0.05, 0) is 36.4 Å². The molecule has 1 aliphatic heterocycles. The van der Waals surface area contributed by atoms with Gasteiger partial charge in [-0.15, -0.1) is 11.3 Å². The fourth-order valence-electron chi connectivity index (χ4n) is 4.41. The molecule has 0 bridgehead atoms. The van der Waals surface area contributed by atoms with Crippen LogP contribution in [0.5, 0.6) is 0 Å². The van der Waals surface area contributed by atoms with Crippen LogP contribution in [0.2, 0.25) is 0 Å². The van der Waals surface area contributed by atoms with Crippen molar-refractivity contribution in [3.8, 4) is 0 Å². The molecule has 1 atom stereocenters. The van der Waals surface area contributed by atoms with Gasteiger partial charge in [0, 0.05) is 40.2 Å². The molecule has 0 fully saturated rings. The van der Waals surface area contributed by atoms with Crippen molar-refractivity contribution in [1.29, 1.82) is 0 Å². The lowest BCUT2D eigenvalue weighted by molar-refractivity contribution is -0.137. The molecule has 1 aliphatic rings. The van der Waals surface area contributed by atoms with Gasteiger partial charge in [0.1, 0.15) is 5.65 Å². The lowest BCUT2D eigenvalue weighted by Gasteiger charge is -2.25. The Morgan fingerprint density at radius 3 is 2.87 bits per heavy atom. The van der Waals surface area contributed by atoms with Crippen molar-refractivity contribution >= 4 is 60.0 Å². The Bertz CT molecular complexity index is 1400. The van der Waals surface area contributed by atoms with Crippen molar-refractivity contribution < 1.29 is 18.3 Å². The number of nitrogens with zero attached hydrogens (tertiary/aromatic N) is 2. The average Bonchev–Trinajstić information content (AvgIpc) is 3.26. The van der Waals surface area contributed by atoms with Gasteiger partial charge in [-0.1, -0.05) is 30.0 Å². The number of carboxylic acid groups (broad SMARTS) is 1. The predicted molar refractivity (Wildman–Crippen MR) is 123 cm³/mol. The van der Waals surface area contributed by atoms with Crippen LogP contribution in [0.3, 0.4) is 0 Å². The number of hydrogen-bond donors (Lipinski definition) is 1. The summed E-state index contributed by atoms with van der Waals surface area (Å²) in [6.45, 7) is 0.704. The van der Waals surface area contributed by atoms with Crippen molar-refractivity contribution in [2.75, 3.05) is 6.26 Å².